The predicted octanol–water partition coefficient (Wildman–Crippen LogP) is 3.24. The zero-order chi connectivity index (χ0) is 16.5. The Morgan fingerprint density at radius 2 is 2.13 bits per heavy atom. The molecular formula is C15H17ClN4OS2. The van der Waals surface area contributed by atoms with Crippen LogP contribution in [-0.4, -0.2) is 34.9 Å². The predicted molar refractivity (Wildman–Crippen MR) is 97.5 cm³/mol. The second-order valence-electron chi connectivity index (χ2n) is 4.56. The fourth-order valence-corrected chi connectivity index (χ4v) is 3.39. The third kappa shape index (κ3) is 6.60. The van der Waals surface area contributed by atoms with Gasteiger partial charge in [0.15, 0.2) is 4.34 Å². The molecule has 0 fully saturated rings. The third-order valence-corrected chi connectivity index (χ3v) is 5.05. The molecule has 0 radical (unpaired) electrons. The van der Waals surface area contributed by atoms with E-state index in [-0.39, 0.29) is 5.91 Å². The molecule has 0 aliphatic heterocycles. The Kier molecular flexibility index (Phi) is 7.38. The van der Waals surface area contributed by atoms with Crippen LogP contribution >= 0.6 is 34.7 Å². The van der Waals surface area contributed by atoms with Gasteiger partial charge in [-0.2, -0.15) is 0 Å². The van der Waals surface area contributed by atoms with Crippen LogP contribution in [0.1, 0.15) is 5.56 Å². The van der Waals surface area contributed by atoms with Crippen LogP contribution in [0.4, 0.5) is 5.13 Å². The Morgan fingerprint density at radius 3 is 2.87 bits per heavy atom. The van der Waals surface area contributed by atoms with Crippen molar-refractivity contribution in [3.05, 3.63) is 47.5 Å². The summed E-state index contributed by atoms with van der Waals surface area (Å²) >= 11 is 8.64. The minimum Gasteiger partial charge on any atom is -0.357 e. The minimum atomic E-state index is -0.0141. The third-order valence-electron chi connectivity index (χ3n) is 2.78. The second-order valence-corrected chi connectivity index (χ2v) is 7.19. The van der Waals surface area contributed by atoms with Gasteiger partial charge >= 0.3 is 0 Å². The van der Waals surface area contributed by atoms with Crippen molar-refractivity contribution in [1.29, 1.82) is 0 Å². The SMILES string of the molecule is C=CCNc1nnc(SCC(=O)NCCc2ccc(Cl)cc2)s1. The molecule has 8 heteroatoms. The molecule has 2 N–H and O–H groups in total. The Morgan fingerprint density at radius 1 is 1.35 bits per heavy atom. The van der Waals surface area contributed by atoms with Crippen molar-refractivity contribution < 1.29 is 4.79 Å². The Labute approximate surface area is 148 Å². The topological polar surface area (TPSA) is 66.9 Å². The summed E-state index contributed by atoms with van der Waals surface area (Å²) in [5.74, 6) is 0.316. The largest absolute Gasteiger partial charge is 0.357 e. The van der Waals surface area contributed by atoms with Gasteiger partial charge < -0.3 is 10.6 Å². The first-order valence-electron chi connectivity index (χ1n) is 6.99. The van der Waals surface area contributed by atoms with Gasteiger partial charge in [-0.25, -0.2) is 0 Å². The van der Waals surface area contributed by atoms with E-state index >= 15 is 0 Å². The number of anilines is 1. The molecular weight excluding hydrogens is 352 g/mol. The molecule has 0 aliphatic carbocycles. The summed E-state index contributed by atoms with van der Waals surface area (Å²) in [7, 11) is 0. The summed E-state index contributed by atoms with van der Waals surface area (Å²) in [6.45, 7) is 4.87. The van der Waals surface area contributed by atoms with Gasteiger partial charge in [0.2, 0.25) is 11.0 Å². The van der Waals surface area contributed by atoms with Gasteiger partial charge in [0.1, 0.15) is 0 Å². The molecule has 2 rings (SSSR count). The van der Waals surface area contributed by atoms with E-state index < -0.39 is 0 Å². The molecule has 0 aliphatic rings. The van der Waals surface area contributed by atoms with Crippen LogP contribution < -0.4 is 10.6 Å². The zero-order valence-corrected chi connectivity index (χ0v) is 14.8. The van der Waals surface area contributed by atoms with E-state index in [0.29, 0.717) is 23.9 Å². The van der Waals surface area contributed by atoms with E-state index in [1.807, 2.05) is 24.3 Å². The number of carbonyl (C=O) groups is 1. The molecule has 1 heterocycles. The molecule has 0 bridgehead atoms. The lowest BCUT2D eigenvalue weighted by atomic mass is 10.1. The summed E-state index contributed by atoms with van der Waals surface area (Å²) < 4.78 is 0.768. The van der Waals surface area contributed by atoms with Crippen molar-refractivity contribution in [3.63, 3.8) is 0 Å². The molecule has 1 amide bonds. The summed E-state index contributed by atoms with van der Waals surface area (Å²) in [5.41, 5.74) is 1.14. The van der Waals surface area contributed by atoms with Crippen LogP contribution in [0.2, 0.25) is 5.02 Å². The molecule has 0 unspecified atom stereocenters. The van der Waals surface area contributed by atoms with E-state index in [0.717, 1.165) is 21.5 Å². The lowest BCUT2D eigenvalue weighted by Gasteiger charge is -2.04. The Balaban J connectivity index is 1.65. The molecule has 23 heavy (non-hydrogen) atoms. The van der Waals surface area contributed by atoms with Gasteiger partial charge in [0.25, 0.3) is 0 Å². The molecule has 0 spiro atoms. The van der Waals surface area contributed by atoms with Gasteiger partial charge in [0, 0.05) is 18.1 Å². The minimum absolute atomic E-state index is 0.0141. The van der Waals surface area contributed by atoms with Gasteiger partial charge in [-0.1, -0.05) is 52.9 Å². The standard InChI is InChI=1S/C15H17ClN4OS2/c1-2-8-18-14-19-20-15(23-14)22-10-13(21)17-9-7-11-3-5-12(16)6-4-11/h2-6H,1,7-10H2,(H,17,21)(H,18,19). The summed E-state index contributed by atoms with van der Waals surface area (Å²) in [5, 5.41) is 15.4. The molecule has 1 aromatic heterocycles. The van der Waals surface area contributed by atoms with Gasteiger partial charge in [-0.3, -0.25) is 4.79 Å². The maximum Gasteiger partial charge on any atom is 0.230 e. The molecule has 0 saturated carbocycles. The van der Waals surface area contributed by atoms with Crippen molar-refractivity contribution in [2.45, 2.75) is 10.8 Å². The van der Waals surface area contributed by atoms with Crippen molar-refractivity contribution in [2.24, 2.45) is 0 Å². The summed E-state index contributed by atoms with van der Waals surface area (Å²) in [4.78, 5) is 11.8. The number of thioether (sulfide) groups is 1. The normalized spacial score (nSPS) is 10.3. The number of carbonyl (C=O) groups excluding carboxylic acids is 1. The van der Waals surface area contributed by atoms with Crippen LogP contribution in [0.15, 0.2) is 41.3 Å². The van der Waals surface area contributed by atoms with Crippen molar-refractivity contribution in [3.8, 4) is 0 Å². The zero-order valence-electron chi connectivity index (χ0n) is 12.4. The molecule has 1 aromatic carbocycles. The van der Waals surface area contributed by atoms with Crippen molar-refractivity contribution in [1.82, 2.24) is 15.5 Å². The van der Waals surface area contributed by atoms with Crippen LogP contribution in [0.25, 0.3) is 0 Å². The van der Waals surface area contributed by atoms with E-state index in [4.69, 9.17) is 11.6 Å². The van der Waals surface area contributed by atoms with Crippen LogP contribution in [-0.2, 0) is 11.2 Å². The van der Waals surface area contributed by atoms with E-state index in [2.05, 4.69) is 27.4 Å². The number of hydrogen-bond acceptors (Lipinski definition) is 6. The van der Waals surface area contributed by atoms with Gasteiger partial charge in [0.05, 0.1) is 5.75 Å². The highest BCUT2D eigenvalue weighted by Crippen LogP contribution is 2.24. The number of hydrogen-bond donors (Lipinski definition) is 2. The van der Waals surface area contributed by atoms with Gasteiger partial charge in [-0.15, -0.1) is 16.8 Å². The highest BCUT2D eigenvalue weighted by atomic mass is 35.5. The van der Waals surface area contributed by atoms with Crippen LogP contribution in [0, 0.1) is 0 Å². The maximum atomic E-state index is 11.8. The fraction of sp³-hybridized carbons (Fsp3) is 0.267. The summed E-state index contributed by atoms with van der Waals surface area (Å²) in [6, 6.07) is 7.62. The summed E-state index contributed by atoms with van der Waals surface area (Å²) in [6.07, 6.45) is 2.53. The van der Waals surface area contributed by atoms with Crippen LogP contribution in [0.3, 0.4) is 0 Å². The molecule has 0 atom stereocenters. The lowest BCUT2D eigenvalue weighted by Crippen LogP contribution is -2.27. The maximum absolute atomic E-state index is 11.8. The fourth-order valence-electron chi connectivity index (χ4n) is 1.67. The average Bonchev–Trinajstić information content (AvgIpc) is 3.01. The number of benzene rings is 1. The molecule has 122 valence electrons. The molecule has 2 aromatic rings. The average molecular weight is 369 g/mol. The molecule has 0 saturated heterocycles. The highest BCUT2D eigenvalue weighted by Gasteiger charge is 2.07. The number of aromatic nitrogens is 2. The van der Waals surface area contributed by atoms with E-state index in [1.165, 1.54) is 23.1 Å². The van der Waals surface area contributed by atoms with E-state index in [1.54, 1.807) is 6.08 Å². The monoisotopic (exact) mass is 368 g/mol. The van der Waals surface area contributed by atoms with Gasteiger partial charge in [-0.05, 0) is 24.1 Å². The van der Waals surface area contributed by atoms with Crippen LogP contribution in [0.5, 0.6) is 0 Å². The number of amides is 1. The lowest BCUT2D eigenvalue weighted by molar-refractivity contribution is -0.118. The Bertz CT molecular complexity index is 645. The first-order valence-corrected chi connectivity index (χ1v) is 9.17. The first kappa shape index (κ1) is 17.8. The Hall–Kier alpha value is -1.57. The number of halogens is 1. The highest BCUT2D eigenvalue weighted by molar-refractivity contribution is 8.01. The quantitative estimate of drug-likeness (QED) is 0.525. The number of nitrogens with one attached hydrogen (secondary N) is 2. The second kappa shape index (κ2) is 9.54. The number of rotatable bonds is 9. The molecule has 5 nitrogen and oxygen atoms in total. The van der Waals surface area contributed by atoms with E-state index in [9.17, 15) is 4.79 Å². The smallest absolute Gasteiger partial charge is 0.230 e. The van der Waals surface area contributed by atoms with Crippen molar-refractivity contribution in [2.75, 3.05) is 24.2 Å². The first-order chi connectivity index (χ1) is 11.2. The number of nitrogens with zero attached hydrogens (tertiary/aromatic N) is 2. The van der Waals surface area contributed by atoms with Crippen molar-refractivity contribution >= 4 is 45.7 Å².